The van der Waals surface area contributed by atoms with Crippen LogP contribution in [0.4, 0.5) is 0 Å². The molecule has 8 aliphatic rings. The van der Waals surface area contributed by atoms with Crippen LogP contribution in [0.25, 0.3) is 0 Å². The van der Waals surface area contributed by atoms with E-state index < -0.39 is 193 Å². The van der Waals surface area contributed by atoms with E-state index in [2.05, 4.69) is 26.8 Å². The number of hydrogen-bond donors (Lipinski definition) is 13. The minimum absolute atomic E-state index is 0.0364. The summed E-state index contributed by atoms with van der Waals surface area (Å²) >= 11 is 0. The van der Waals surface area contributed by atoms with Gasteiger partial charge in [0.25, 0.3) is 0 Å². The maximum atomic E-state index is 13.4. The average Bonchev–Trinajstić information content (AvgIpc) is 2.18. The molecule has 446 valence electrons. The van der Waals surface area contributed by atoms with E-state index in [0.717, 1.165) is 5.57 Å². The zero-order valence-corrected chi connectivity index (χ0v) is 46.2. The normalized spacial score (nSPS) is 51.2. The summed E-state index contributed by atoms with van der Waals surface area (Å²) in [6.07, 6.45) is -23.4. The zero-order valence-electron chi connectivity index (χ0n) is 46.2. The number of esters is 2. The monoisotopic (exact) mass is 1120 g/mol. The highest BCUT2D eigenvalue weighted by molar-refractivity contribution is 5.87. The molecule has 3 aliphatic heterocycles. The number of carbonyl (C=O) groups is 2. The molecule has 23 nitrogen and oxygen atoms in total. The predicted octanol–water partition coefficient (Wildman–Crippen LogP) is -1.41. The fraction of sp³-hybridized carbons (Fsp3) is 0.891. The number of hydrogen-bond acceptors (Lipinski definition) is 23. The van der Waals surface area contributed by atoms with Crippen LogP contribution in [-0.4, -0.2) is 228 Å². The van der Waals surface area contributed by atoms with Crippen LogP contribution in [0, 0.1) is 50.2 Å². The second-order valence-corrected chi connectivity index (χ2v) is 25.5. The maximum Gasteiger partial charge on any atom is 0.333 e. The summed E-state index contributed by atoms with van der Waals surface area (Å²) < 4.78 is 48.9. The van der Waals surface area contributed by atoms with Gasteiger partial charge in [0.05, 0.1) is 50.7 Å². The van der Waals surface area contributed by atoms with E-state index in [-0.39, 0.29) is 24.9 Å². The van der Waals surface area contributed by atoms with E-state index in [1.807, 2.05) is 20.8 Å². The Bertz CT molecular complexity index is 2210. The molecule has 3 heterocycles. The Kier molecular flexibility index (Phi) is 17.9. The molecule has 13 N–H and O–H groups in total. The van der Waals surface area contributed by atoms with Crippen molar-refractivity contribution in [3.63, 3.8) is 0 Å². The lowest BCUT2D eigenvalue weighted by atomic mass is 9.33. The molecule has 0 aromatic carbocycles. The Hall–Kier alpha value is -2.34. The van der Waals surface area contributed by atoms with Crippen LogP contribution in [0.2, 0.25) is 0 Å². The average molecular weight is 1120 g/mol. The zero-order chi connectivity index (χ0) is 57.6. The number of rotatable bonds is 14. The van der Waals surface area contributed by atoms with Crippen molar-refractivity contribution in [2.75, 3.05) is 33.0 Å². The highest BCUT2D eigenvalue weighted by Gasteiger charge is 2.74. The van der Waals surface area contributed by atoms with Gasteiger partial charge in [-0.1, -0.05) is 59.3 Å². The van der Waals surface area contributed by atoms with Crippen molar-refractivity contribution in [3.8, 4) is 0 Å². The summed E-state index contributed by atoms with van der Waals surface area (Å²) in [7, 11) is 0. The largest absolute Gasteiger partial charge is 0.458 e. The summed E-state index contributed by atoms with van der Waals surface area (Å²) in [4.78, 5) is 26.4. The topological polar surface area (TPSA) is 371 Å². The second kappa shape index (κ2) is 22.7. The van der Waals surface area contributed by atoms with Crippen molar-refractivity contribution in [2.24, 2.45) is 50.2 Å². The van der Waals surface area contributed by atoms with Gasteiger partial charge in [-0.15, -0.1) is 0 Å². The standard InChI is InChI=1S/C55H88O23/c1-10-24(2)46(70)78-44-45(71-25(3)61)55(23-60)27(17-50(44,4)5)26-11-12-32-51(6)15-14-34(52(7,22-59)31(51)13-16-53(32,8)54(26,9)18-33(55)62)75-49-43(77-48-40(68)38(66)36(64)29(20-57)73-48)41(69)42(30(21-58)74-49)76-47-39(67)37(65)35(63)28(19-56)72-47/h10-11,27-45,47-49,56-60,62-69H,12-23H2,1-9H3/b24-10+/t27?,28-,29-,30-,31?,32?,33-,34+,35-,36-,37+,38+,39-,40-,41+,42-,43-,44+,45+,47+,48+,49+,51+,52-,53-,54-,55+/m1/s1. The van der Waals surface area contributed by atoms with Crippen LogP contribution in [0.1, 0.15) is 107 Å². The number of allylic oxidation sites excluding steroid dienone is 3. The van der Waals surface area contributed by atoms with Gasteiger partial charge in [-0.2, -0.15) is 0 Å². The van der Waals surface area contributed by atoms with Crippen LogP contribution in [-0.2, 0) is 47.5 Å². The van der Waals surface area contributed by atoms with E-state index in [9.17, 15) is 76.0 Å². The minimum atomic E-state index is -1.96. The van der Waals surface area contributed by atoms with E-state index >= 15 is 0 Å². The number of aliphatic hydroxyl groups is 13. The van der Waals surface area contributed by atoms with Crippen LogP contribution in [0.3, 0.4) is 0 Å². The molecule has 78 heavy (non-hydrogen) atoms. The van der Waals surface area contributed by atoms with Crippen LogP contribution < -0.4 is 0 Å². The van der Waals surface area contributed by atoms with Gasteiger partial charge in [0.2, 0.25) is 0 Å². The smallest absolute Gasteiger partial charge is 0.333 e. The molecule has 0 aromatic rings. The molecule has 7 fully saturated rings. The summed E-state index contributed by atoms with van der Waals surface area (Å²) in [5, 5.41) is 143. The third-order valence-electron chi connectivity index (χ3n) is 21.1. The minimum Gasteiger partial charge on any atom is -0.458 e. The first-order valence-corrected chi connectivity index (χ1v) is 27.7. The Balaban J connectivity index is 1.10. The molecule has 3 saturated heterocycles. The maximum absolute atomic E-state index is 13.4. The SMILES string of the molecule is C/C=C(\C)C(=O)O[C@H]1[C@H](OC(C)=O)[C@@]2(CO)C(CC1(C)C)C1=CCC3[C@@]4(C)CC[C@H](O[C@@H]5O[C@H](CO)[C@@H](O[C@@H]6O[C@H](CO)[C@@H](O)[C@H](O)[C@H]6O)[C@H](O)[C@H]5O[C@@H]5O[C@H](CO)[C@@H](O)[C@H](O)[C@H]5O)[C@](C)(CO)C4CC[C@@]3(C)[C@]1(C)C[C@H]2O. The molecule has 8 rings (SSSR count). The quantitative estimate of drug-likeness (QED) is 0.0411. The van der Waals surface area contributed by atoms with E-state index in [1.165, 1.54) is 6.92 Å². The third-order valence-corrected chi connectivity index (χ3v) is 21.1. The first-order valence-electron chi connectivity index (χ1n) is 27.7. The number of fused-ring (bicyclic) bond motifs is 7. The van der Waals surface area contributed by atoms with Crippen molar-refractivity contribution in [2.45, 2.75) is 224 Å². The Morgan fingerprint density at radius 1 is 0.628 bits per heavy atom. The van der Waals surface area contributed by atoms with Crippen LogP contribution in [0.5, 0.6) is 0 Å². The lowest BCUT2D eigenvalue weighted by Gasteiger charge is -2.72. The first-order chi connectivity index (χ1) is 36.5. The fourth-order valence-corrected chi connectivity index (χ4v) is 16.3. The highest BCUT2D eigenvalue weighted by atomic mass is 16.8. The highest BCUT2D eigenvalue weighted by Crippen LogP contribution is 2.76. The summed E-state index contributed by atoms with van der Waals surface area (Å²) in [5.41, 5.74) is -3.47. The second-order valence-electron chi connectivity index (χ2n) is 25.5. The van der Waals surface area contributed by atoms with Gasteiger partial charge in [-0.3, -0.25) is 4.79 Å². The summed E-state index contributed by atoms with van der Waals surface area (Å²) in [5.74, 6) is -1.99. The lowest BCUT2D eigenvalue weighted by Crippen LogP contribution is -2.72. The van der Waals surface area contributed by atoms with Gasteiger partial charge in [0.1, 0.15) is 85.5 Å². The molecule has 23 heteroatoms. The van der Waals surface area contributed by atoms with E-state index in [0.29, 0.717) is 44.1 Å². The molecular formula is C55H88O23. The van der Waals surface area contributed by atoms with Crippen molar-refractivity contribution < 1.29 is 114 Å². The molecular weight excluding hydrogens is 1030 g/mol. The lowest BCUT2D eigenvalue weighted by molar-refractivity contribution is -0.396. The summed E-state index contributed by atoms with van der Waals surface area (Å²) in [6.45, 7) is 13.7. The van der Waals surface area contributed by atoms with Crippen molar-refractivity contribution in [1.82, 2.24) is 0 Å². The first kappa shape index (κ1) is 61.7. The van der Waals surface area contributed by atoms with E-state index in [4.69, 9.17) is 37.9 Å². The molecule has 4 saturated carbocycles. The number of aliphatic hydroxyl groups excluding tert-OH is 13. The molecule has 0 radical (unpaired) electrons. The van der Waals surface area contributed by atoms with Crippen LogP contribution in [0.15, 0.2) is 23.3 Å². The molecule has 27 atom stereocenters. The Labute approximate surface area is 455 Å². The van der Waals surface area contributed by atoms with Crippen molar-refractivity contribution >= 4 is 11.9 Å². The molecule has 3 unspecified atom stereocenters. The predicted molar refractivity (Wildman–Crippen MR) is 268 cm³/mol. The molecule has 0 bridgehead atoms. The van der Waals surface area contributed by atoms with Gasteiger partial charge in [0, 0.05) is 23.3 Å². The number of ether oxygens (including phenoxy) is 8. The van der Waals surface area contributed by atoms with Gasteiger partial charge in [-0.05, 0) is 92.8 Å². The fourth-order valence-electron chi connectivity index (χ4n) is 16.3. The molecule has 5 aliphatic carbocycles. The Morgan fingerprint density at radius 3 is 1.72 bits per heavy atom. The Morgan fingerprint density at radius 2 is 1.19 bits per heavy atom. The number of carbonyl (C=O) groups excluding carboxylic acids is 2. The summed E-state index contributed by atoms with van der Waals surface area (Å²) in [6, 6.07) is 0. The van der Waals surface area contributed by atoms with Gasteiger partial charge in [-0.25, -0.2) is 4.79 Å². The van der Waals surface area contributed by atoms with Crippen LogP contribution >= 0.6 is 0 Å². The molecule has 0 aromatic heterocycles. The third kappa shape index (κ3) is 9.76. The van der Waals surface area contributed by atoms with Gasteiger partial charge >= 0.3 is 11.9 Å². The van der Waals surface area contributed by atoms with Crippen molar-refractivity contribution in [3.05, 3.63) is 23.3 Å². The molecule has 0 spiro atoms. The molecule has 0 amide bonds. The van der Waals surface area contributed by atoms with Gasteiger partial charge < -0.3 is 104 Å². The van der Waals surface area contributed by atoms with Gasteiger partial charge in [0.15, 0.2) is 18.9 Å². The van der Waals surface area contributed by atoms with Crippen molar-refractivity contribution in [1.29, 1.82) is 0 Å². The van der Waals surface area contributed by atoms with E-state index in [1.54, 1.807) is 19.9 Å².